The first-order valence-corrected chi connectivity index (χ1v) is 7.49. The Morgan fingerprint density at radius 1 is 1.56 bits per heavy atom. The quantitative estimate of drug-likeness (QED) is 0.860. The molecule has 0 spiro atoms. The topological polar surface area (TPSA) is 49.3 Å². The third kappa shape index (κ3) is 3.56. The van der Waals surface area contributed by atoms with Gasteiger partial charge in [-0.1, -0.05) is 25.8 Å². The lowest BCUT2D eigenvalue weighted by Gasteiger charge is -2.23. The molecule has 0 aromatic carbocycles. The summed E-state index contributed by atoms with van der Waals surface area (Å²) in [6.45, 7) is 2.34. The number of amides is 1. The van der Waals surface area contributed by atoms with E-state index in [1.807, 2.05) is 18.4 Å². The molecule has 2 N–H and O–H groups in total. The zero-order valence-electron chi connectivity index (χ0n) is 10.8. The van der Waals surface area contributed by atoms with Crippen LogP contribution in [0.15, 0.2) is 17.5 Å². The fourth-order valence-electron chi connectivity index (χ4n) is 2.46. The molecule has 1 aromatic heterocycles. The van der Waals surface area contributed by atoms with Gasteiger partial charge < -0.3 is 10.4 Å². The van der Waals surface area contributed by atoms with Gasteiger partial charge >= 0.3 is 0 Å². The summed E-state index contributed by atoms with van der Waals surface area (Å²) in [7, 11) is 0. The molecule has 2 rings (SSSR count). The summed E-state index contributed by atoms with van der Waals surface area (Å²) in [5, 5.41) is 15.1. The lowest BCUT2D eigenvalue weighted by Crippen LogP contribution is -2.42. The molecule has 1 heterocycles. The van der Waals surface area contributed by atoms with Crippen molar-refractivity contribution < 1.29 is 9.90 Å². The summed E-state index contributed by atoms with van der Waals surface area (Å²) in [5.41, 5.74) is -0.654. The van der Waals surface area contributed by atoms with Crippen molar-refractivity contribution in [2.75, 3.05) is 6.54 Å². The van der Waals surface area contributed by atoms with Gasteiger partial charge in [-0.15, -0.1) is 11.3 Å². The fourth-order valence-corrected chi connectivity index (χ4v) is 3.29. The van der Waals surface area contributed by atoms with E-state index in [1.54, 1.807) is 11.3 Å². The van der Waals surface area contributed by atoms with Gasteiger partial charge in [-0.25, -0.2) is 0 Å². The summed E-state index contributed by atoms with van der Waals surface area (Å²) in [6.07, 6.45) is 4.54. The van der Waals surface area contributed by atoms with Gasteiger partial charge in [0.25, 0.3) is 0 Å². The van der Waals surface area contributed by atoms with Crippen molar-refractivity contribution in [3.05, 3.63) is 22.4 Å². The van der Waals surface area contributed by atoms with Gasteiger partial charge in [0.05, 0.1) is 5.60 Å². The molecule has 0 radical (unpaired) electrons. The number of hydrogen-bond donors (Lipinski definition) is 2. The third-order valence-corrected chi connectivity index (χ3v) is 4.56. The highest BCUT2D eigenvalue weighted by atomic mass is 32.1. The van der Waals surface area contributed by atoms with Crippen LogP contribution in [0.5, 0.6) is 0 Å². The molecule has 1 atom stereocenters. The Bertz CT molecular complexity index is 383. The van der Waals surface area contributed by atoms with Crippen LogP contribution in [0.4, 0.5) is 0 Å². The number of hydrogen-bond acceptors (Lipinski definition) is 3. The summed E-state index contributed by atoms with van der Waals surface area (Å²) in [6, 6.07) is 4.06. The second kappa shape index (κ2) is 5.85. The molecule has 18 heavy (non-hydrogen) atoms. The van der Waals surface area contributed by atoms with Crippen LogP contribution >= 0.6 is 11.3 Å². The van der Waals surface area contributed by atoms with Gasteiger partial charge in [-0.3, -0.25) is 4.79 Å². The molecule has 1 aliphatic rings. The van der Waals surface area contributed by atoms with Gasteiger partial charge in [0.1, 0.15) is 0 Å². The summed E-state index contributed by atoms with van der Waals surface area (Å²) in [5.74, 6) is 0.0115. The normalized spacial score (nSPS) is 19.7. The first-order valence-electron chi connectivity index (χ1n) is 6.61. The Kier molecular flexibility index (Phi) is 4.40. The third-order valence-electron chi connectivity index (χ3n) is 3.66. The molecule has 4 heteroatoms. The van der Waals surface area contributed by atoms with Crippen molar-refractivity contribution in [1.29, 1.82) is 0 Å². The first-order chi connectivity index (χ1) is 8.59. The fraction of sp³-hybridized carbons (Fsp3) is 0.643. The monoisotopic (exact) mass is 267 g/mol. The minimum atomic E-state index is -0.654. The molecule has 1 aromatic rings. The lowest BCUT2D eigenvalue weighted by atomic mass is 10.0. The molecule has 100 valence electrons. The zero-order valence-corrected chi connectivity index (χ0v) is 11.6. The average Bonchev–Trinajstić information content (AvgIpc) is 2.98. The largest absolute Gasteiger partial charge is 0.388 e. The van der Waals surface area contributed by atoms with Crippen LogP contribution in [-0.2, 0) is 11.2 Å². The summed E-state index contributed by atoms with van der Waals surface area (Å²) >= 11 is 1.68. The SMILES string of the molecule is CC(Cc1cccs1)C(=O)NCC1(O)CCCC1. The van der Waals surface area contributed by atoms with Crippen LogP contribution in [0.25, 0.3) is 0 Å². The van der Waals surface area contributed by atoms with E-state index in [0.29, 0.717) is 6.54 Å². The number of carbonyl (C=O) groups is 1. The Hall–Kier alpha value is -0.870. The molecular formula is C14H21NO2S. The maximum atomic E-state index is 12.0. The van der Waals surface area contributed by atoms with Gasteiger partial charge in [0.2, 0.25) is 5.91 Å². The first kappa shape index (κ1) is 13.6. The van der Waals surface area contributed by atoms with Crippen molar-refractivity contribution in [3.8, 4) is 0 Å². The molecule has 1 fully saturated rings. The molecule has 1 aliphatic carbocycles. The van der Waals surface area contributed by atoms with E-state index in [0.717, 1.165) is 32.1 Å². The maximum Gasteiger partial charge on any atom is 0.223 e. The van der Waals surface area contributed by atoms with Gasteiger partial charge in [0.15, 0.2) is 0 Å². The van der Waals surface area contributed by atoms with Crippen LogP contribution in [0.2, 0.25) is 0 Å². The Morgan fingerprint density at radius 3 is 2.89 bits per heavy atom. The van der Waals surface area contributed by atoms with Crippen LogP contribution in [0.1, 0.15) is 37.5 Å². The molecule has 1 saturated carbocycles. The minimum absolute atomic E-state index is 0.0337. The van der Waals surface area contributed by atoms with Crippen molar-refractivity contribution in [3.63, 3.8) is 0 Å². The van der Waals surface area contributed by atoms with Crippen molar-refractivity contribution in [2.24, 2.45) is 5.92 Å². The smallest absolute Gasteiger partial charge is 0.223 e. The molecule has 1 amide bonds. The standard InChI is InChI=1S/C14H21NO2S/c1-11(9-12-5-4-8-18-12)13(16)15-10-14(17)6-2-3-7-14/h4-5,8,11,17H,2-3,6-7,9-10H2,1H3,(H,15,16). The second-order valence-corrected chi connectivity index (χ2v) is 6.37. The highest BCUT2D eigenvalue weighted by Crippen LogP contribution is 2.28. The predicted molar refractivity (Wildman–Crippen MR) is 73.6 cm³/mol. The Labute approximate surface area is 112 Å². The molecule has 3 nitrogen and oxygen atoms in total. The summed E-state index contributed by atoms with van der Waals surface area (Å²) in [4.78, 5) is 13.2. The number of rotatable bonds is 5. The van der Waals surface area contributed by atoms with E-state index in [2.05, 4.69) is 11.4 Å². The predicted octanol–water partition coefficient (Wildman–Crippen LogP) is 2.35. The molecule has 0 bridgehead atoms. The number of carbonyl (C=O) groups excluding carboxylic acids is 1. The Balaban J connectivity index is 1.77. The minimum Gasteiger partial charge on any atom is -0.388 e. The number of thiophene rings is 1. The molecule has 0 aliphatic heterocycles. The molecule has 0 saturated heterocycles. The second-order valence-electron chi connectivity index (χ2n) is 5.33. The highest BCUT2D eigenvalue weighted by Gasteiger charge is 2.31. The van der Waals surface area contributed by atoms with E-state index in [-0.39, 0.29) is 11.8 Å². The lowest BCUT2D eigenvalue weighted by molar-refractivity contribution is -0.125. The Morgan fingerprint density at radius 2 is 2.28 bits per heavy atom. The van der Waals surface area contributed by atoms with E-state index in [9.17, 15) is 9.90 Å². The van der Waals surface area contributed by atoms with Crippen LogP contribution in [-0.4, -0.2) is 23.2 Å². The molecule has 1 unspecified atom stereocenters. The van der Waals surface area contributed by atoms with E-state index < -0.39 is 5.60 Å². The maximum absolute atomic E-state index is 12.0. The van der Waals surface area contributed by atoms with Crippen molar-refractivity contribution in [2.45, 2.75) is 44.6 Å². The number of nitrogens with one attached hydrogen (secondary N) is 1. The van der Waals surface area contributed by atoms with Gasteiger partial charge in [0, 0.05) is 17.3 Å². The van der Waals surface area contributed by atoms with Crippen LogP contribution in [0.3, 0.4) is 0 Å². The van der Waals surface area contributed by atoms with Crippen molar-refractivity contribution in [1.82, 2.24) is 5.32 Å². The highest BCUT2D eigenvalue weighted by molar-refractivity contribution is 7.09. The van der Waals surface area contributed by atoms with Crippen LogP contribution < -0.4 is 5.32 Å². The van der Waals surface area contributed by atoms with Crippen molar-refractivity contribution >= 4 is 17.2 Å². The van der Waals surface area contributed by atoms with E-state index >= 15 is 0 Å². The van der Waals surface area contributed by atoms with Gasteiger partial charge in [-0.05, 0) is 30.7 Å². The van der Waals surface area contributed by atoms with E-state index in [1.165, 1.54) is 4.88 Å². The molecular weight excluding hydrogens is 246 g/mol. The average molecular weight is 267 g/mol. The van der Waals surface area contributed by atoms with Gasteiger partial charge in [-0.2, -0.15) is 0 Å². The van der Waals surface area contributed by atoms with Crippen LogP contribution in [0, 0.1) is 5.92 Å². The number of aliphatic hydroxyl groups is 1. The zero-order chi connectivity index (χ0) is 13.0. The van der Waals surface area contributed by atoms with E-state index in [4.69, 9.17) is 0 Å². The summed E-state index contributed by atoms with van der Waals surface area (Å²) < 4.78 is 0.